The van der Waals surface area contributed by atoms with Gasteiger partial charge in [0.1, 0.15) is 0 Å². The first-order valence-electron chi connectivity index (χ1n) is 4.42. The van der Waals surface area contributed by atoms with E-state index in [2.05, 4.69) is 37.0 Å². The number of nitrogens with one attached hydrogen (secondary N) is 1. The monoisotopic (exact) mass is 176 g/mol. The summed E-state index contributed by atoms with van der Waals surface area (Å²) in [5, 5.41) is 0. The molecule has 0 bridgehead atoms. The fourth-order valence-corrected chi connectivity index (χ4v) is 1.15. The Morgan fingerprint density at radius 2 is 2.08 bits per heavy atom. The molecule has 1 N–H and O–H groups in total. The number of imidazole rings is 1. The first-order chi connectivity index (χ1) is 6.04. The zero-order valence-electron chi connectivity index (χ0n) is 8.52. The number of nitrogens with zero attached hydrogens (tertiary/aromatic N) is 1. The third-order valence-corrected chi connectivity index (χ3v) is 2.06. The largest absolute Gasteiger partial charge is 0.344 e. The molecule has 0 spiro atoms. The van der Waals surface area contributed by atoms with Crippen LogP contribution in [0, 0.1) is 5.92 Å². The topological polar surface area (TPSA) is 28.7 Å². The molecule has 0 saturated carbocycles. The first kappa shape index (κ1) is 9.78. The van der Waals surface area contributed by atoms with Gasteiger partial charge in [0.2, 0.25) is 0 Å². The molecule has 0 unspecified atom stereocenters. The molecular formula is C11H16N2. The summed E-state index contributed by atoms with van der Waals surface area (Å²) in [5.74, 6) is 0.429. The summed E-state index contributed by atoms with van der Waals surface area (Å²) in [5.41, 5.74) is 4.00. The number of rotatable bonds is 3. The Morgan fingerprint density at radius 3 is 2.54 bits per heavy atom. The van der Waals surface area contributed by atoms with Crippen LogP contribution in [0.25, 0.3) is 11.1 Å². The van der Waals surface area contributed by atoms with Gasteiger partial charge in [-0.15, -0.1) is 0 Å². The van der Waals surface area contributed by atoms with Crippen LogP contribution in [-0.4, -0.2) is 9.97 Å². The highest BCUT2D eigenvalue weighted by atomic mass is 14.9. The van der Waals surface area contributed by atoms with E-state index in [-0.39, 0.29) is 0 Å². The van der Waals surface area contributed by atoms with Crippen LogP contribution in [0.3, 0.4) is 0 Å². The van der Waals surface area contributed by atoms with Crippen molar-refractivity contribution in [3.05, 3.63) is 30.9 Å². The van der Waals surface area contributed by atoms with Gasteiger partial charge in [0, 0.05) is 0 Å². The van der Waals surface area contributed by atoms with Gasteiger partial charge in [-0.05, 0) is 24.0 Å². The van der Waals surface area contributed by atoms with Crippen molar-refractivity contribution in [3.8, 4) is 0 Å². The Kier molecular flexibility index (Phi) is 2.71. The third kappa shape index (κ3) is 1.89. The van der Waals surface area contributed by atoms with Crippen LogP contribution < -0.4 is 0 Å². The van der Waals surface area contributed by atoms with Gasteiger partial charge < -0.3 is 4.98 Å². The minimum Gasteiger partial charge on any atom is -0.344 e. The molecular weight excluding hydrogens is 160 g/mol. The minimum atomic E-state index is 0.429. The Bertz CT molecular complexity index is 332. The average molecular weight is 176 g/mol. The molecule has 70 valence electrons. The number of hydrogen-bond donors (Lipinski definition) is 1. The lowest BCUT2D eigenvalue weighted by Gasteiger charge is -2.09. The smallest absolute Gasteiger partial charge is 0.0932 e. The van der Waals surface area contributed by atoms with E-state index < -0.39 is 0 Å². The number of aromatic nitrogens is 2. The van der Waals surface area contributed by atoms with Gasteiger partial charge in [-0.3, -0.25) is 0 Å². The molecule has 1 rings (SSSR count). The molecule has 0 fully saturated rings. The molecule has 13 heavy (non-hydrogen) atoms. The molecule has 0 amide bonds. The maximum absolute atomic E-state index is 4.20. The molecule has 2 heteroatoms. The lowest BCUT2D eigenvalue weighted by molar-refractivity contribution is 0.852. The molecule has 0 aliphatic rings. The molecule has 1 heterocycles. The van der Waals surface area contributed by atoms with Crippen LogP contribution >= 0.6 is 0 Å². The van der Waals surface area contributed by atoms with E-state index in [0.29, 0.717) is 5.92 Å². The summed E-state index contributed by atoms with van der Waals surface area (Å²) >= 11 is 0. The van der Waals surface area contributed by atoms with Gasteiger partial charge >= 0.3 is 0 Å². The Hall–Kier alpha value is -1.31. The minimum absolute atomic E-state index is 0.429. The Balaban J connectivity index is 3.08. The standard InChI is InChI=1S/C11H16N2/c1-7(2)9(5)11-10(8(3)4)12-6-13-11/h6-7H,3,5H2,1-2,4H3,(H,12,13). The van der Waals surface area contributed by atoms with Gasteiger partial charge in [0.25, 0.3) is 0 Å². The summed E-state index contributed by atoms with van der Waals surface area (Å²) < 4.78 is 0. The Morgan fingerprint density at radius 1 is 1.46 bits per heavy atom. The van der Waals surface area contributed by atoms with Crippen molar-refractivity contribution in [2.75, 3.05) is 0 Å². The number of aromatic amines is 1. The zero-order chi connectivity index (χ0) is 10.0. The molecule has 1 aromatic rings. The van der Waals surface area contributed by atoms with E-state index in [1.165, 1.54) is 0 Å². The van der Waals surface area contributed by atoms with Crippen molar-refractivity contribution in [2.45, 2.75) is 20.8 Å². The average Bonchev–Trinajstić information content (AvgIpc) is 2.50. The lowest BCUT2D eigenvalue weighted by atomic mass is 9.99. The summed E-state index contributed by atoms with van der Waals surface area (Å²) in [7, 11) is 0. The van der Waals surface area contributed by atoms with Gasteiger partial charge in [-0.2, -0.15) is 0 Å². The molecule has 0 aromatic carbocycles. The van der Waals surface area contributed by atoms with Crippen LogP contribution in [0.15, 0.2) is 19.5 Å². The molecule has 2 nitrogen and oxygen atoms in total. The fourth-order valence-electron chi connectivity index (χ4n) is 1.15. The van der Waals surface area contributed by atoms with Crippen LogP contribution in [0.2, 0.25) is 0 Å². The van der Waals surface area contributed by atoms with E-state index in [4.69, 9.17) is 0 Å². The van der Waals surface area contributed by atoms with Crippen molar-refractivity contribution in [3.63, 3.8) is 0 Å². The molecule has 1 aromatic heterocycles. The molecule has 0 aliphatic heterocycles. The summed E-state index contributed by atoms with van der Waals surface area (Å²) in [6.45, 7) is 14.1. The van der Waals surface area contributed by atoms with Crippen LogP contribution in [-0.2, 0) is 0 Å². The van der Waals surface area contributed by atoms with E-state index >= 15 is 0 Å². The van der Waals surface area contributed by atoms with Crippen molar-refractivity contribution in [1.29, 1.82) is 0 Å². The quantitative estimate of drug-likeness (QED) is 0.753. The van der Waals surface area contributed by atoms with Crippen LogP contribution in [0.5, 0.6) is 0 Å². The maximum atomic E-state index is 4.20. The van der Waals surface area contributed by atoms with Gasteiger partial charge in [0.05, 0.1) is 17.7 Å². The molecule has 0 saturated heterocycles. The van der Waals surface area contributed by atoms with E-state index in [9.17, 15) is 0 Å². The predicted molar refractivity (Wildman–Crippen MR) is 57.2 cm³/mol. The molecule has 0 radical (unpaired) electrons. The number of H-pyrrole nitrogens is 1. The van der Waals surface area contributed by atoms with E-state index in [0.717, 1.165) is 22.5 Å². The molecule has 0 aliphatic carbocycles. The summed E-state index contributed by atoms with van der Waals surface area (Å²) in [6, 6.07) is 0. The van der Waals surface area contributed by atoms with Gasteiger partial charge in [-0.25, -0.2) is 4.98 Å². The lowest BCUT2D eigenvalue weighted by Crippen LogP contribution is -1.95. The van der Waals surface area contributed by atoms with Crippen molar-refractivity contribution in [2.24, 2.45) is 5.92 Å². The highest BCUT2D eigenvalue weighted by Crippen LogP contribution is 2.24. The zero-order valence-corrected chi connectivity index (χ0v) is 8.52. The Labute approximate surface area is 79.4 Å². The maximum Gasteiger partial charge on any atom is 0.0932 e. The third-order valence-electron chi connectivity index (χ3n) is 2.06. The van der Waals surface area contributed by atoms with Gasteiger partial charge in [-0.1, -0.05) is 27.0 Å². The van der Waals surface area contributed by atoms with E-state index in [1.54, 1.807) is 6.33 Å². The van der Waals surface area contributed by atoms with Crippen molar-refractivity contribution in [1.82, 2.24) is 9.97 Å². The number of allylic oxidation sites excluding steroid dienone is 2. The predicted octanol–water partition coefficient (Wildman–Crippen LogP) is 3.11. The second-order valence-electron chi connectivity index (χ2n) is 3.59. The van der Waals surface area contributed by atoms with Crippen molar-refractivity contribution < 1.29 is 0 Å². The summed E-state index contributed by atoms with van der Waals surface area (Å²) in [4.78, 5) is 7.30. The molecule has 0 atom stereocenters. The van der Waals surface area contributed by atoms with E-state index in [1.807, 2.05) is 6.92 Å². The SMILES string of the molecule is C=C(C)c1nc[nH]c1C(=C)C(C)C. The first-order valence-corrected chi connectivity index (χ1v) is 4.42. The van der Waals surface area contributed by atoms with Crippen LogP contribution in [0.4, 0.5) is 0 Å². The summed E-state index contributed by atoms with van der Waals surface area (Å²) in [6.07, 6.45) is 1.69. The number of hydrogen-bond acceptors (Lipinski definition) is 1. The fraction of sp³-hybridized carbons (Fsp3) is 0.364. The normalized spacial score (nSPS) is 10.5. The van der Waals surface area contributed by atoms with Crippen molar-refractivity contribution >= 4 is 11.1 Å². The highest BCUT2D eigenvalue weighted by Gasteiger charge is 2.11. The van der Waals surface area contributed by atoms with Crippen LogP contribution in [0.1, 0.15) is 32.2 Å². The highest BCUT2D eigenvalue weighted by molar-refractivity contribution is 5.73. The van der Waals surface area contributed by atoms with Gasteiger partial charge in [0.15, 0.2) is 0 Å². The second kappa shape index (κ2) is 3.60. The second-order valence-corrected chi connectivity index (χ2v) is 3.59.